The van der Waals surface area contributed by atoms with Gasteiger partial charge in [-0.15, -0.1) is 0 Å². The average Bonchev–Trinajstić information content (AvgIpc) is 2.48. The molecule has 0 amide bonds. The van der Waals surface area contributed by atoms with Gasteiger partial charge in [-0.25, -0.2) is 8.78 Å². The van der Waals surface area contributed by atoms with E-state index in [-0.39, 0.29) is 10.8 Å². The molecule has 0 aromatic heterocycles. The Hall–Kier alpha value is -1.27. The van der Waals surface area contributed by atoms with Crippen molar-refractivity contribution in [2.45, 2.75) is 26.2 Å². The fourth-order valence-corrected chi connectivity index (χ4v) is 2.97. The van der Waals surface area contributed by atoms with Gasteiger partial charge in [-0.3, -0.25) is 0 Å². The van der Waals surface area contributed by atoms with Crippen LogP contribution in [0.5, 0.6) is 0 Å². The van der Waals surface area contributed by atoms with Gasteiger partial charge in [0.2, 0.25) is 0 Å². The molecule has 6 heteroatoms. The molecule has 1 fully saturated rings. The number of thiocarbonyl (C=S) groups is 1. The van der Waals surface area contributed by atoms with Crippen LogP contribution < -0.4 is 10.6 Å². The molecule has 1 aromatic carbocycles. The van der Waals surface area contributed by atoms with E-state index >= 15 is 0 Å². The van der Waals surface area contributed by atoms with E-state index in [0.29, 0.717) is 6.54 Å². The van der Waals surface area contributed by atoms with Gasteiger partial charge in [-0.1, -0.05) is 13.0 Å². The largest absolute Gasteiger partial charge is 0.362 e. The lowest BCUT2D eigenvalue weighted by atomic mass is 10.0. The van der Waals surface area contributed by atoms with Crippen molar-refractivity contribution in [1.82, 2.24) is 10.2 Å². The zero-order valence-corrected chi connectivity index (χ0v) is 13.7. The predicted molar refractivity (Wildman–Crippen MR) is 90.0 cm³/mol. The standard InChI is InChI=1S/C16H23F2N3S/c1-12-5-3-9-21(11-12)10-4-8-19-16(22)20-15-13(17)6-2-7-14(15)18/h2,6-7,12H,3-5,8-11H2,1H3,(H2,19,20,22)/t12-/m0/s1. The molecule has 0 spiro atoms. The smallest absolute Gasteiger partial charge is 0.170 e. The quantitative estimate of drug-likeness (QED) is 0.640. The van der Waals surface area contributed by atoms with Gasteiger partial charge in [0.15, 0.2) is 5.11 Å². The first-order valence-corrected chi connectivity index (χ1v) is 8.18. The third-order valence-electron chi connectivity index (χ3n) is 3.88. The van der Waals surface area contributed by atoms with Gasteiger partial charge in [-0.2, -0.15) is 0 Å². The summed E-state index contributed by atoms with van der Waals surface area (Å²) in [4.78, 5) is 2.46. The van der Waals surface area contributed by atoms with Gasteiger partial charge >= 0.3 is 0 Å². The topological polar surface area (TPSA) is 27.3 Å². The van der Waals surface area contributed by atoms with Crippen LogP contribution in [-0.2, 0) is 0 Å². The highest BCUT2D eigenvalue weighted by Gasteiger charge is 2.15. The molecular formula is C16H23F2N3S. The number of para-hydroxylation sites is 1. The molecule has 0 radical (unpaired) electrons. The zero-order valence-electron chi connectivity index (χ0n) is 12.9. The summed E-state index contributed by atoms with van der Waals surface area (Å²) < 4.78 is 27.0. The van der Waals surface area contributed by atoms with Crippen LogP contribution in [0.3, 0.4) is 0 Å². The Morgan fingerprint density at radius 3 is 2.77 bits per heavy atom. The van der Waals surface area contributed by atoms with Gasteiger partial charge in [0, 0.05) is 13.1 Å². The van der Waals surface area contributed by atoms with Crippen LogP contribution in [0.2, 0.25) is 0 Å². The SMILES string of the molecule is C[C@H]1CCCN(CCCNC(=S)Nc2c(F)cccc2F)C1. The number of anilines is 1. The number of likely N-dealkylation sites (tertiary alicyclic amines) is 1. The van der Waals surface area contributed by atoms with Gasteiger partial charge in [0.25, 0.3) is 0 Å². The molecule has 3 nitrogen and oxygen atoms in total. The Balaban J connectivity index is 1.68. The number of piperidine rings is 1. The third kappa shape index (κ3) is 5.18. The molecule has 0 unspecified atom stereocenters. The van der Waals surface area contributed by atoms with E-state index in [9.17, 15) is 8.78 Å². The van der Waals surface area contributed by atoms with Crippen molar-refractivity contribution < 1.29 is 8.78 Å². The molecule has 0 aliphatic carbocycles. The van der Waals surface area contributed by atoms with Crippen LogP contribution in [0.25, 0.3) is 0 Å². The summed E-state index contributed by atoms with van der Waals surface area (Å²) in [5.74, 6) is -0.522. The number of nitrogens with zero attached hydrogens (tertiary/aromatic N) is 1. The minimum atomic E-state index is -0.647. The minimum absolute atomic E-state index is 0.204. The lowest BCUT2D eigenvalue weighted by molar-refractivity contribution is 0.182. The van der Waals surface area contributed by atoms with Crippen molar-refractivity contribution in [3.63, 3.8) is 0 Å². The highest BCUT2D eigenvalue weighted by Crippen LogP contribution is 2.18. The molecule has 2 N–H and O–H groups in total. The number of halogens is 2. The molecule has 2 rings (SSSR count). The van der Waals surface area contributed by atoms with Crippen molar-refractivity contribution in [2.24, 2.45) is 5.92 Å². The maximum absolute atomic E-state index is 13.5. The van der Waals surface area contributed by atoms with Gasteiger partial charge in [-0.05, 0) is 62.6 Å². The lowest BCUT2D eigenvalue weighted by Gasteiger charge is -2.30. The lowest BCUT2D eigenvalue weighted by Crippen LogP contribution is -2.37. The minimum Gasteiger partial charge on any atom is -0.362 e. The fraction of sp³-hybridized carbons (Fsp3) is 0.562. The summed E-state index contributed by atoms with van der Waals surface area (Å²) in [6, 6.07) is 3.73. The molecule has 122 valence electrons. The number of rotatable bonds is 5. The van der Waals surface area contributed by atoms with Crippen molar-refractivity contribution in [3.8, 4) is 0 Å². The van der Waals surface area contributed by atoms with E-state index in [4.69, 9.17) is 12.2 Å². The van der Waals surface area contributed by atoms with E-state index in [1.165, 1.54) is 31.0 Å². The number of hydrogen-bond donors (Lipinski definition) is 2. The van der Waals surface area contributed by atoms with Crippen molar-refractivity contribution in [1.29, 1.82) is 0 Å². The van der Waals surface area contributed by atoms with Gasteiger partial charge in [0.1, 0.15) is 17.3 Å². The Labute approximate surface area is 136 Å². The summed E-state index contributed by atoms with van der Waals surface area (Å²) in [7, 11) is 0. The van der Waals surface area contributed by atoms with E-state index < -0.39 is 11.6 Å². The zero-order chi connectivity index (χ0) is 15.9. The van der Waals surface area contributed by atoms with E-state index in [2.05, 4.69) is 22.5 Å². The molecule has 0 saturated carbocycles. The summed E-state index contributed by atoms with van der Waals surface area (Å²) in [6.07, 6.45) is 3.53. The highest BCUT2D eigenvalue weighted by molar-refractivity contribution is 7.80. The van der Waals surface area contributed by atoms with Gasteiger partial charge in [0.05, 0.1) is 0 Å². The molecule has 0 bridgehead atoms. The van der Waals surface area contributed by atoms with Crippen molar-refractivity contribution in [3.05, 3.63) is 29.8 Å². The van der Waals surface area contributed by atoms with E-state index in [1.807, 2.05) is 0 Å². The molecule has 1 heterocycles. The normalized spacial score (nSPS) is 19.0. The molecule has 1 aromatic rings. The number of nitrogens with one attached hydrogen (secondary N) is 2. The Morgan fingerprint density at radius 2 is 2.09 bits per heavy atom. The average molecular weight is 327 g/mol. The molecule has 1 atom stereocenters. The predicted octanol–water partition coefficient (Wildman–Crippen LogP) is 3.37. The number of benzene rings is 1. The molecule has 1 saturated heterocycles. The van der Waals surface area contributed by atoms with Crippen LogP contribution in [-0.4, -0.2) is 36.2 Å². The molecule has 1 aliphatic heterocycles. The van der Waals surface area contributed by atoms with Gasteiger partial charge < -0.3 is 15.5 Å². The number of hydrogen-bond acceptors (Lipinski definition) is 2. The summed E-state index contributed by atoms with van der Waals surface area (Å²) in [5.41, 5.74) is -0.204. The Bertz CT molecular complexity index is 490. The van der Waals surface area contributed by atoms with Crippen LogP contribution in [0.1, 0.15) is 26.2 Å². The van der Waals surface area contributed by atoms with Crippen LogP contribution >= 0.6 is 12.2 Å². The molecule has 1 aliphatic rings. The summed E-state index contributed by atoms with van der Waals surface area (Å²) in [6.45, 7) is 6.31. The van der Waals surface area contributed by atoms with Crippen molar-refractivity contribution in [2.75, 3.05) is 31.5 Å². The second-order valence-electron chi connectivity index (χ2n) is 5.88. The summed E-state index contributed by atoms with van der Waals surface area (Å²) >= 11 is 5.07. The van der Waals surface area contributed by atoms with Crippen LogP contribution in [0.4, 0.5) is 14.5 Å². The second kappa shape index (κ2) is 8.39. The van der Waals surface area contributed by atoms with Crippen molar-refractivity contribution >= 4 is 23.0 Å². The maximum atomic E-state index is 13.5. The van der Waals surface area contributed by atoms with E-state index in [0.717, 1.165) is 32.0 Å². The van der Waals surface area contributed by atoms with Crippen LogP contribution in [0, 0.1) is 17.6 Å². The maximum Gasteiger partial charge on any atom is 0.170 e. The summed E-state index contributed by atoms with van der Waals surface area (Å²) in [5, 5.41) is 5.82. The molecular weight excluding hydrogens is 304 g/mol. The Kier molecular flexibility index (Phi) is 6.51. The highest BCUT2D eigenvalue weighted by atomic mass is 32.1. The third-order valence-corrected chi connectivity index (χ3v) is 4.13. The first kappa shape index (κ1) is 17.1. The second-order valence-corrected chi connectivity index (χ2v) is 6.29. The monoisotopic (exact) mass is 327 g/mol. The first-order chi connectivity index (χ1) is 10.6. The van der Waals surface area contributed by atoms with Crippen LogP contribution in [0.15, 0.2) is 18.2 Å². The fourth-order valence-electron chi connectivity index (χ4n) is 2.77. The van der Waals surface area contributed by atoms with E-state index in [1.54, 1.807) is 0 Å². The first-order valence-electron chi connectivity index (χ1n) is 7.77. The Morgan fingerprint density at radius 1 is 1.36 bits per heavy atom. The molecule has 22 heavy (non-hydrogen) atoms.